The molecule has 0 aliphatic heterocycles. The maximum absolute atomic E-state index is 12.8. The number of amides is 3. The van der Waals surface area contributed by atoms with Gasteiger partial charge in [-0.25, -0.2) is 9.48 Å². The van der Waals surface area contributed by atoms with Gasteiger partial charge in [0.1, 0.15) is 5.54 Å². The number of anilines is 1. The largest absolute Gasteiger partial charge is 0.354 e. The second-order valence-electron chi connectivity index (χ2n) is 8.31. The van der Waals surface area contributed by atoms with Gasteiger partial charge in [-0.15, -0.1) is 0 Å². The fraction of sp³-hybridized carbons (Fsp3) is 0.500. The summed E-state index contributed by atoms with van der Waals surface area (Å²) in [7, 11) is 0. The summed E-state index contributed by atoms with van der Waals surface area (Å²) in [6.07, 6.45) is 5.62. The van der Waals surface area contributed by atoms with E-state index in [0.29, 0.717) is 31.0 Å². The highest BCUT2D eigenvalue weighted by atomic mass is 16.2. The average Bonchev–Trinajstić information content (AvgIpc) is 3.37. The molecule has 0 saturated heterocycles. The third kappa shape index (κ3) is 4.13. The molecule has 2 saturated carbocycles. The van der Waals surface area contributed by atoms with Crippen molar-refractivity contribution >= 4 is 17.6 Å². The topological polar surface area (TPSA) is 88.1 Å². The summed E-state index contributed by atoms with van der Waals surface area (Å²) in [5.74, 6) is 0.561. The minimum absolute atomic E-state index is 0.0505. The zero-order chi connectivity index (χ0) is 20.4. The molecule has 3 N–H and O–H groups in total. The molecule has 2 fully saturated rings. The predicted molar refractivity (Wildman–Crippen MR) is 112 cm³/mol. The van der Waals surface area contributed by atoms with Crippen LogP contribution in [0.25, 0.3) is 5.69 Å². The highest BCUT2D eigenvalue weighted by Gasteiger charge is 2.43. The average molecular weight is 396 g/mol. The van der Waals surface area contributed by atoms with Gasteiger partial charge < -0.3 is 16.0 Å². The van der Waals surface area contributed by atoms with E-state index in [4.69, 9.17) is 0 Å². The molecule has 1 aromatic carbocycles. The van der Waals surface area contributed by atoms with Crippen molar-refractivity contribution in [3.8, 4) is 5.69 Å². The summed E-state index contributed by atoms with van der Waals surface area (Å²) >= 11 is 0. The van der Waals surface area contributed by atoms with Gasteiger partial charge >= 0.3 is 6.03 Å². The molecule has 2 aliphatic carbocycles. The molecule has 4 rings (SSSR count). The van der Waals surface area contributed by atoms with Gasteiger partial charge in [0.05, 0.1) is 22.8 Å². The number of para-hydroxylation sites is 1. The monoisotopic (exact) mass is 395 g/mol. The van der Waals surface area contributed by atoms with Crippen molar-refractivity contribution in [2.75, 3.05) is 11.9 Å². The number of benzene rings is 1. The van der Waals surface area contributed by atoms with E-state index in [1.54, 1.807) is 0 Å². The summed E-state index contributed by atoms with van der Waals surface area (Å²) in [4.78, 5) is 25.7. The molecule has 7 heteroatoms. The van der Waals surface area contributed by atoms with Crippen LogP contribution >= 0.6 is 0 Å². The molecule has 154 valence electrons. The van der Waals surface area contributed by atoms with E-state index in [-0.39, 0.29) is 11.9 Å². The van der Waals surface area contributed by atoms with Crippen molar-refractivity contribution in [1.29, 1.82) is 0 Å². The second-order valence-corrected chi connectivity index (χ2v) is 8.31. The standard InChI is InChI=1S/C22H29N5O2/c1-15-19(16(2)27(26-15)18-8-4-3-5-9-18)24-21(29)25-22(12-6-7-13-22)20(28)23-14-17-10-11-17/h3-5,8-9,17H,6-7,10-14H2,1-2H3,(H,23,28)(H2,24,25,29). The van der Waals surface area contributed by atoms with Crippen LogP contribution in [0.5, 0.6) is 0 Å². The Kier molecular flexibility index (Phi) is 5.30. The normalized spacial score (nSPS) is 17.7. The number of carbonyl (C=O) groups is 2. The highest BCUT2D eigenvalue weighted by Crippen LogP contribution is 2.32. The summed E-state index contributed by atoms with van der Waals surface area (Å²) in [6.45, 7) is 4.51. The maximum Gasteiger partial charge on any atom is 0.320 e. The number of hydrogen-bond acceptors (Lipinski definition) is 3. The molecule has 3 amide bonds. The first-order valence-electron chi connectivity index (χ1n) is 10.5. The smallest absolute Gasteiger partial charge is 0.320 e. The van der Waals surface area contributed by atoms with Crippen molar-refractivity contribution in [1.82, 2.24) is 20.4 Å². The van der Waals surface area contributed by atoms with Gasteiger partial charge in [-0.05, 0) is 57.6 Å². The number of aryl methyl sites for hydroxylation is 1. The molecule has 29 heavy (non-hydrogen) atoms. The van der Waals surface area contributed by atoms with Gasteiger partial charge in [0.2, 0.25) is 5.91 Å². The Morgan fingerprint density at radius 3 is 2.48 bits per heavy atom. The lowest BCUT2D eigenvalue weighted by Crippen LogP contribution is -2.58. The van der Waals surface area contributed by atoms with Crippen LogP contribution in [0.2, 0.25) is 0 Å². The van der Waals surface area contributed by atoms with Crippen molar-refractivity contribution in [3.63, 3.8) is 0 Å². The lowest BCUT2D eigenvalue weighted by Gasteiger charge is -2.29. The van der Waals surface area contributed by atoms with Crippen molar-refractivity contribution in [2.24, 2.45) is 5.92 Å². The fourth-order valence-corrected chi connectivity index (χ4v) is 4.12. The van der Waals surface area contributed by atoms with E-state index in [1.807, 2.05) is 48.9 Å². The van der Waals surface area contributed by atoms with E-state index >= 15 is 0 Å². The van der Waals surface area contributed by atoms with Crippen LogP contribution in [-0.2, 0) is 4.79 Å². The minimum atomic E-state index is -0.809. The number of nitrogens with one attached hydrogen (secondary N) is 3. The van der Waals surface area contributed by atoms with E-state index in [2.05, 4.69) is 21.0 Å². The van der Waals surface area contributed by atoms with Gasteiger partial charge in [-0.2, -0.15) is 5.10 Å². The Labute approximate surface area is 171 Å². The zero-order valence-corrected chi connectivity index (χ0v) is 17.1. The molecule has 1 heterocycles. The van der Waals surface area contributed by atoms with E-state index < -0.39 is 5.54 Å². The molecule has 2 aromatic rings. The third-order valence-electron chi connectivity index (χ3n) is 6.02. The van der Waals surface area contributed by atoms with Gasteiger partial charge in [0.15, 0.2) is 0 Å². The first-order valence-corrected chi connectivity index (χ1v) is 10.5. The van der Waals surface area contributed by atoms with Crippen molar-refractivity contribution in [3.05, 3.63) is 41.7 Å². The molecule has 1 aromatic heterocycles. The van der Waals surface area contributed by atoms with E-state index in [9.17, 15) is 9.59 Å². The lowest BCUT2D eigenvalue weighted by atomic mass is 9.96. The summed E-state index contributed by atoms with van der Waals surface area (Å²) in [5, 5.41) is 13.5. The van der Waals surface area contributed by atoms with Crippen LogP contribution < -0.4 is 16.0 Å². The Morgan fingerprint density at radius 2 is 1.83 bits per heavy atom. The maximum atomic E-state index is 12.8. The Hall–Kier alpha value is -2.83. The molecule has 0 unspecified atom stereocenters. The summed E-state index contributed by atoms with van der Waals surface area (Å²) in [6, 6.07) is 9.46. The first kappa shape index (κ1) is 19.5. The lowest BCUT2D eigenvalue weighted by molar-refractivity contribution is -0.127. The van der Waals surface area contributed by atoms with E-state index in [0.717, 1.165) is 29.9 Å². The number of carbonyl (C=O) groups excluding carboxylic acids is 2. The molecule has 0 spiro atoms. The van der Waals surface area contributed by atoms with Gasteiger partial charge in [0.25, 0.3) is 0 Å². The van der Waals surface area contributed by atoms with Crippen LogP contribution in [-0.4, -0.2) is 33.8 Å². The summed E-state index contributed by atoms with van der Waals surface area (Å²) < 4.78 is 1.82. The second kappa shape index (κ2) is 7.89. The number of hydrogen-bond donors (Lipinski definition) is 3. The van der Waals surface area contributed by atoms with Gasteiger partial charge in [-0.1, -0.05) is 31.0 Å². The van der Waals surface area contributed by atoms with E-state index in [1.165, 1.54) is 12.8 Å². The van der Waals surface area contributed by atoms with Crippen LogP contribution in [0.1, 0.15) is 49.9 Å². The van der Waals surface area contributed by atoms with Gasteiger partial charge in [0, 0.05) is 6.54 Å². The Morgan fingerprint density at radius 1 is 1.14 bits per heavy atom. The SMILES string of the molecule is Cc1nn(-c2ccccc2)c(C)c1NC(=O)NC1(C(=O)NCC2CC2)CCCC1. The molecule has 0 radical (unpaired) electrons. The fourth-order valence-electron chi connectivity index (χ4n) is 4.12. The van der Waals surface area contributed by atoms with Crippen LogP contribution in [0.3, 0.4) is 0 Å². The summed E-state index contributed by atoms with van der Waals surface area (Å²) in [5.41, 5.74) is 2.39. The number of nitrogens with zero attached hydrogens (tertiary/aromatic N) is 2. The molecule has 7 nitrogen and oxygen atoms in total. The zero-order valence-electron chi connectivity index (χ0n) is 17.1. The van der Waals surface area contributed by atoms with Crippen LogP contribution in [0, 0.1) is 19.8 Å². The molecule has 2 aliphatic rings. The van der Waals surface area contributed by atoms with Crippen LogP contribution in [0.4, 0.5) is 10.5 Å². The minimum Gasteiger partial charge on any atom is -0.354 e. The highest BCUT2D eigenvalue weighted by molar-refractivity contribution is 5.96. The third-order valence-corrected chi connectivity index (χ3v) is 6.02. The van der Waals surface area contributed by atoms with Crippen molar-refractivity contribution < 1.29 is 9.59 Å². The molecule has 0 atom stereocenters. The molecular formula is C22H29N5O2. The quantitative estimate of drug-likeness (QED) is 0.700. The van der Waals surface area contributed by atoms with Crippen LogP contribution in [0.15, 0.2) is 30.3 Å². The number of aromatic nitrogens is 2. The first-order chi connectivity index (χ1) is 14.0. The molecular weight excluding hydrogens is 366 g/mol. The number of urea groups is 1. The predicted octanol–water partition coefficient (Wildman–Crippen LogP) is 3.45. The molecule has 0 bridgehead atoms. The Bertz CT molecular complexity index is 895. The van der Waals surface area contributed by atoms with Crippen molar-refractivity contribution in [2.45, 2.75) is 57.9 Å². The van der Waals surface area contributed by atoms with Gasteiger partial charge in [-0.3, -0.25) is 4.79 Å². The Balaban J connectivity index is 1.47. The number of rotatable bonds is 6.